The lowest BCUT2D eigenvalue weighted by atomic mass is 9.93. The summed E-state index contributed by atoms with van der Waals surface area (Å²) in [7, 11) is 1.66. The van der Waals surface area contributed by atoms with E-state index in [0.717, 1.165) is 62.3 Å². The highest BCUT2D eigenvalue weighted by atomic mass is 19.2. The largest absolute Gasteiger partial charge is 0.497 e. The number of halogens is 2. The van der Waals surface area contributed by atoms with Crippen molar-refractivity contribution in [3.63, 3.8) is 0 Å². The molecule has 3 rings (SSSR count). The van der Waals surface area contributed by atoms with Gasteiger partial charge < -0.3 is 10.1 Å². The Morgan fingerprint density at radius 3 is 2.74 bits per heavy atom. The van der Waals surface area contributed by atoms with E-state index in [9.17, 15) is 13.6 Å². The molecule has 0 aliphatic carbocycles. The van der Waals surface area contributed by atoms with Gasteiger partial charge in [-0.15, -0.1) is 0 Å². The van der Waals surface area contributed by atoms with Crippen LogP contribution in [0.5, 0.6) is 5.75 Å². The molecule has 166 valence electrons. The van der Waals surface area contributed by atoms with Gasteiger partial charge in [-0.3, -0.25) is 9.69 Å². The molecule has 1 fully saturated rings. The number of carbonyl (C=O) groups is 1. The highest BCUT2D eigenvalue weighted by Crippen LogP contribution is 2.21. The van der Waals surface area contributed by atoms with Gasteiger partial charge in [0.15, 0.2) is 11.6 Å². The Morgan fingerprint density at radius 1 is 1.19 bits per heavy atom. The quantitative estimate of drug-likeness (QED) is 0.624. The van der Waals surface area contributed by atoms with E-state index in [0.29, 0.717) is 17.9 Å². The molecule has 1 unspecified atom stereocenters. The van der Waals surface area contributed by atoms with Gasteiger partial charge in [-0.05, 0) is 67.1 Å². The third kappa shape index (κ3) is 7.47. The molecule has 1 aliphatic rings. The molecule has 0 spiro atoms. The van der Waals surface area contributed by atoms with Crippen molar-refractivity contribution in [1.82, 2.24) is 10.2 Å². The van der Waals surface area contributed by atoms with Crippen molar-refractivity contribution in [2.24, 2.45) is 5.92 Å². The van der Waals surface area contributed by atoms with Gasteiger partial charge in [-0.1, -0.05) is 30.4 Å². The second kappa shape index (κ2) is 11.6. The lowest BCUT2D eigenvalue weighted by molar-refractivity contribution is -0.121. The number of nitrogens with zero attached hydrogens (tertiary/aromatic N) is 1. The van der Waals surface area contributed by atoms with Gasteiger partial charge in [-0.2, -0.15) is 0 Å². The second-order valence-electron chi connectivity index (χ2n) is 8.01. The average molecular weight is 429 g/mol. The number of rotatable bonds is 9. The molecule has 1 amide bonds. The van der Waals surface area contributed by atoms with Crippen LogP contribution >= 0.6 is 0 Å². The minimum absolute atomic E-state index is 0.0544. The maximum Gasteiger partial charge on any atom is 0.220 e. The zero-order chi connectivity index (χ0) is 22.1. The van der Waals surface area contributed by atoms with Crippen molar-refractivity contribution in [2.75, 3.05) is 26.7 Å². The molecule has 6 heteroatoms. The number of piperidine rings is 1. The van der Waals surface area contributed by atoms with Crippen LogP contribution in [0.25, 0.3) is 6.08 Å². The third-order valence-corrected chi connectivity index (χ3v) is 5.65. The third-order valence-electron chi connectivity index (χ3n) is 5.65. The first-order valence-electron chi connectivity index (χ1n) is 10.8. The molecule has 1 heterocycles. The van der Waals surface area contributed by atoms with Crippen LogP contribution in [0.2, 0.25) is 0 Å². The first kappa shape index (κ1) is 22.9. The number of amides is 1. The van der Waals surface area contributed by atoms with Gasteiger partial charge in [0, 0.05) is 26.1 Å². The summed E-state index contributed by atoms with van der Waals surface area (Å²) in [4.78, 5) is 14.6. The molecule has 0 bridgehead atoms. The maximum atomic E-state index is 13.2. The zero-order valence-corrected chi connectivity index (χ0v) is 17.9. The standard InChI is InChI=1S/C25H30F2N2O2/c1-31-22-10-6-19(7-11-22)4-2-14-29-15-3-5-20(18-29)9-13-25(30)28-17-21-8-12-23(26)24(27)16-21/h2,4,6-8,10-12,16,20H,3,5,9,13-15,17-18H2,1H3,(H,28,30). The van der Waals surface area contributed by atoms with E-state index in [-0.39, 0.29) is 12.5 Å². The summed E-state index contributed by atoms with van der Waals surface area (Å²) in [5, 5.41) is 2.80. The van der Waals surface area contributed by atoms with Crippen LogP contribution in [0.4, 0.5) is 8.78 Å². The fraction of sp³-hybridized carbons (Fsp3) is 0.400. The monoisotopic (exact) mass is 428 g/mol. The molecule has 2 aromatic rings. The molecular formula is C25H30F2N2O2. The number of benzene rings is 2. The summed E-state index contributed by atoms with van der Waals surface area (Å²) >= 11 is 0. The van der Waals surface area contributed by atoms with E-state index in [1.807, 2.05) is 24.3 Å². The molecule has 4 nitrogen and oxygen atoms in total. The number of hydrogen-bond acceptors (Lipinski definition) is 3. The molecule has 0 saturated carbocycles. The fourth-order valence-corrected chi connectivity index (χ4v) is 3.88. The van der Waals surface area contributed by atoms with E-state index in [4.69, 9.17) is 4.74 Å². The number of hydrogen-bond donors (Lipinski definition) is 1. The summed E-state index contributed by atoms with van der Waals surface area (Å²) in [6.45, 7) is 3.17. The Kier molecular flexibility index (Phi) is 8.59. The highest BCUT2D eigenvalue weighted by Gasteiger charge is 2.19. The molecule has 1 saturated heterocycles. The average Bonchev–Trinajstić information content (AvgIpc) is 2.79. The van der Waals surface area contributed by atoms with E-state index < -0.39 is 11.6 Å². The SMILES string of the molecule is COc1ccc(C=CCN2CCCC(CCC(=O)NCc3ccc(F)c(F)c3)C2)cc1. The van der Waals surface area contributed by atoms with Gasteiger partial charge in [-0.25, -0.2) is 8.78 Å². The summed E-state index contributed by atoms with van der Waals surface area (Å²) < 4.78 is 31.4. The number of methoxy groups -OCH3 is 1. The topological polar surface area (TPSA) is 41.6 Å². The predicted molar refractivity (Wildman–Crippen MR) is 119 cm³/mol. The minimum Gasteiger partial charge on any atom is -0.497 e. The smallest absolute Gasteiger partial charge is 0.220 e. The van der Waals surface area contributed by atoms with E-state index >= 15 is 0 Å². The van der Waals surface area contributed by atoms with Crippen molar-refractivity contribution in [2.45, 2.75) is 32.2 Å². The molecule has 0 aromatic heterocycles. The van der Waals surface area contributed by atoms with Crippen molar-refractivity contribution >= 4 is 12.0 Å². The summed E-state index contributed by atoms with van der Waals surface area (Å²) in [6, 6.07) is 11.7. The van der Waals surface area contributed by atoms with Gasteiger partial charge >= 0.3 is 0 Å². The first-order valence-corrected chi connectivity index (χ1v) is 10.8. The van der Waals surface area contributed by atoms with Crippen molar-refractivity contribution in [1.29, 1.82) is 0 Å². The number of nitrogens with one attached hydrogen (secondary N) is 1. The Balaban J connectivity index is 1.37. The number of carbonyl (C=O) groups excluding carboxylic acids is 1. The van der Waals surface area contributed by atoms with E-state index in [2.05, 4.69) is 22.4 Å². The predicted octanol–water partition coefficient (Wildman–Crippen LogP) is 4.80. The molecule has 2 aromatic carbocycles. The number of ether oxygens (including phenoxy) is 1. The minimum atomic E-state index is -0.893. The molecule has 1 atom stereocenters. The molecule has 31 heavy (non-hydrogen) atoms. The van der Waals surface area contributed by atoms with Crippen molar-refractivity contribution in [3.8, 4) is 5.75 Å². The normalized spacial score (nSPS) is 17.1. The molecule has 0 radical (unpaired) electrons. The summed E-state index contributed by atoms with van der Waals surface area (Å²) in [5.74, 6) is -0.478. The van der Waals surface area contributed by atoms with Gasteiger partial charge in [0.05, 0.1) is 7.11 Å². The molecule has 1 aliphatic heterocycles. The van der Waals surface area contributed by atoms with Crippen LogP contribution in [-0.4, -0.2) is 37.6 Å². The van der Waals surface area contributed by atoms with Crippen LogP contribution in [0.3, 0.4) is 0 Å². The van der Waals surface area contributed by atoms with Crippen molar-refractivity contribution < 1.29 is 18.3 Å². The van der Waals surface area contributed by atoms with Crippen LogP contribution in [-0.2, 0) is 11.3 Å². The summed E-state index contributed by atoms with van der Waals surface area (Å²) in [6.07, 6.45) is 7.85. The van der Waals surface area contributed by atoms with Crippen LogP contribution in [0, 0.1) is 17.6 Å². The molecule has 1 N–H and O–H groups in total. The van der Waals surface area contributed by atoms with Crippen LogP contribution < -0.4 is 10.1 Å². The maximum absolute atomic E-state index is 13.2. The van der Waals surface area contributed by atoms with Gasteiger partial charge in [0.1, 0.15) is 5.75 Å². The van der Waals surface area contributed by atoms with Crippen LogP contribution in [0.15, 0.2) is 48.5 Å². The lowest BCUT2D eigenvalue weighted by Crippen LogP contribution is -2.36. The highest BCUT2D eigenvalue weighted by molar-refractivity contribution is 5.75. The van der Waals surface area contributed by atoms with Gasteiger partial charge in [0.2, 0.25) is 5.91 Å². The Hall–Kier alpha value is -2.73. The van der Waals surface area contributed by atoms with Crippen molar-refractivity contribution in [3.05, 3.63) is 71.3 Å². The lowest BCUT2D eigenvalue weighted by Gasteiger charge is -2.31. The molecular weight excluding hydrogens is 398 g/mol. The fourth-order valence-electron chi connectivity index (χ4n) is 3.88. The Morgan fingerprint density at radius 2 is 2.00 bits per heavy atom. The number of likely N-dealkylation sites (tertiary alicyclic amines) is 1. The second-order valence-corrected chi connectivity index (χ2v) is 8.01. The van der Waals surface area contributed by atoms with Gasteiger partial charge in [0.25, 0.3) is 0 Å². The van der Waals surface area contributed by atoms with Crippen LogP contribution in [0.1, 0.15) is 36.8 Å². The van der Waals surface area contributed by atoms with E-state index in [1.54, 1.807) is 7.11 Å². The Labute approximate surface area is 182 Å². The summed E-state index contributed by atoms with van der Waals surface area (Å²) in [5.41, 5.74) is 1.70. The zero-order valence-electron chi connectivity index (χ0n) is 17.9. The van der Waals surface area contributed by atoms with E-state index in [1.165, 1.54) is 6.07 Å². The first-order chi connectivity index (χ1) is 15.0. The Bertz CT molecular complexity index is 884.